The Bertz CT molecular complexity index is 492. The Morgan fingerprint density at radius 2 is 2.19 bits per heavy atom. The van der Waals surface area contributed by atoms with Crippen molar-refractivity contribution in [2.75, 3.05) is 12.0 Å². The molecule has 0 bridgehead atoms. The molecule has 1 rings (SSSR count). The fraction of sp³-hybridized carbons (Fsp3) is 0.667. The van der Waals surface area contributed by atoms with E-state index in [0.717, 1.165) is 10.8 Å². The number of hydrogen-bond acceptors (Lipinski definition) is 4. The minimum Gasteiger partial charge on any atom is -0.374 e. The van der Waals surface area contributed by atoms with Gasteiger partial charge in [0.15, 0.2) is 5.82 Å². The van der Waals surface area contributed by atoms with Crippen LogP contribution in [0.2, 0.25) is 0 Å². The van der Waals surface area contributed by atoms with Crippen LogP contribution in [0.25, 0.3) is 0 Å². The molecule has 0 saturated heterocycles. The number of alkyl halides is 3. The molecule has 120 valence electrons. The second-order valence-electron chi connectivity index (χ2n) is 4.82. The number of halogens is 3. The van der Waals surface area contributed by atoms with Gasteiger partial charge in [0.05, 0.1) is 6.42 Å². The Morgan fingerprint density at radius 3 is 2.62 bits per heavy atom. The number of imidazole rings is 1. The molecule has 2 atom stereocenters. The molecule has 1 aromatic heterocycles. The van der Waals surface area contributed by atoms with Crippen molar-refractivity contribution >= 4 is 17.7 Å². The number of rotatable bonds is 6. The average molecular weight is 325 g/mol. The third kappa shape index (κ3) is 4.13. The van der Waals surface area contributed by atoms with E-state index in [9.17, 15) is 23.1 Å². The molecule has 0 saturated carbocycles. The van der Waals surface area contributed by atoms with Gasteiger partial charge in [-0.15, -0.1) is 0 Å². The minimum absolute atomic E-state index is 0.286. The normalized spacial score (nSPS) is 16.3. The molecular weight excluding hydrogens is 307 g/mol. The van der Waals surface area contributed by atoms with Crippen LogP contribution in [0.1, 0.15) is 19.2 Å². The summed E-state index contributed by atoms with van der Waals surface area (Å²) < 4.78 is 40.7. The fourth-order valence-corrected chi connectivity index (χ4v) is 2.50. The van der Waals surface area contributed by atoms with Crippen LogP contribution < -0.4 is 5.32 Å². The molecule has 0 fully saturated rings. The smallest absolute Gasteiger partial charge is 0.374 e. The molecule has 0 aromatic carbocycles. The molecule has 0 aliphatic heterocycles. The van der Waals surface area contributed by atoms with E-state index in [0.29, 0.717) is 5.75 Å². The van der Waals surface area contributed by atoms with Gasteiger partial charge in [0, 0.05) is 31.2 Å². The highest BCUT2D eigenvalue weighted by Gasteiger charge is 2.58. The van der Waals surface area contributed by atoms with Crippen LogP contribution in [-0.2, 0) is 17.4 Å². The molecule has 2 N–H and O–H groups in total. The number of nitrogens with zero attached hydrogens (tertiary/aromatic N) is 2. The average Bonchev–Trinajstić information content (AvgIpc) is 2.74. The second kappa shape index (κ2) is 6.69. The highest BCUT2D eigenvalue weighted by molar-refractivity contribution is 7.98. The SMILES string of the molecule is CSCC(C)NC(=O)CC(O)(c1nccn1C)C(F)(F)F. The van der Waals surface area contributed by atoms with E-state index in [1.807, 2.05) is 6.26 Å². The summed E-state index contributed by atoms with van der Waals surface area (Å²) in [5.41, 5.74) is -3.31. The molecule has 0 spiro atoms. The number of aliphatic hydroxyl groups is 1. The molecule has 1 heterocycles. The zero-order valence-electron chi connectivity index (χ0n) is 11.9. The molecular formula is C12H18F3N3O2S. The van der Waals surface area contributed by atoms with Crippen molar-refractivity contribution in [1.29, 1.82) is 0 Å². The van der Waals surface area contributed by atoms with Gasteiger partial charge in [-0.3, -0.25) is 4.79 Å². The number of nitrogens with one attached hydrogen (secondary N) is 1. The molecule has 0 aliphatic rings. The Kier molecular flexibility index (Phi) is 5.68. The standard InChI is InChI=1S/C12H18F3N3O2S/c1-8(7-21-3)17-9(19)6-11(20,12(13,14)15)10-16-4-5-18(10)2/h4-5,8,20H,6-7H2,1-3H3,(H,17,19). The molecule has 2 unspecified atom stereocenters. The molecule has 1 aromatic rings. The zero-order valence-corrected chi connectivity index (χ0v) is 12.8. The summed E-state index contributed by atoms with van der Waals surface area (Å²) in [4.78, 5) is 15.3. The summed E-state index contributed by atoms with van der Waals surface area (Å²) in [5, 5.41) is 12.5. The highest BCUT2D eigenvalue weighted by atomic mass is 32.2. The van der Waals surface area contributed by atoms with Crippen molar-refractivity contribution in [3.8, 4) is 0 Å². The lowest BCUT2D eigenvalue weighted by atomic mass is 9.97. The monoisotopic (exact) mass is 325 g/mol. The summed E-state index contributed by atoms with van der Waals surface area (Å²) in [6.45, 7) is 1.68. The zero-order chi connectivity index (χ0) is 16.3. The maximum absolute atomic E-state index is 13.2. The maximum atomic E-state index is 13.2. The number of carbonyl (C=O) groups is 1. The third-order valence-corrected chi connectivity index (χ3v) is 3.73. The van der Waals surface area contributed by atoms with Crippen LogP contribution >= 0.6 is 11.8 Å². The van der Waals surface area contributed by atoms with Crippen LogP contribution in [-0.4, -0.2) is 44.8 Å². The lowest BCUT2D eigenvalue weighted by Crippen LogP contribution is -2.49. The van der Waals surface area contributed by atoms with Gasteiger partial charge < -0.3 is 15.0 Å². The number of amides is 1. The first kappa shape index (κ1) is 17.8. The van der Waals surface area contributed by atoms with E-state index in [1.54, 1.807) is 6.92 Å². The summed E-state index contributed by atoms with van der Waals surface area (Å²) in [6, 6.07) is -0.286. The Hall–Kier alpha value is -1.22. The number of aromatic nitrogens is 2. The topological polar surface area (TPSA) is 67.2 Å². The third-order valence-electron chi connectivity index (χ3n) is 2.90. The van der Waals surface area contributed by atoms with Gasteiger partial charge in [-0.1, -0.05) is 0 Å². The van der Waals surface area contributed by atoms with Crippen molar-refractivity contribution in [1.82, 2.24) is 14.9 Å². The number of thioether (sulfide) groups is 1. The summed E-state index contributed by atoms with van der Waals surface area (Å²) >= 11 is 1.46. The molecule has 0 aliphatic carbocycles. The number of carbonyl (C=O) groups excluding carboxylic acids is 1. The molecule has 0 radical (unpaired) electrons. The minimum atomic E-state index is -5.01. The molecule has 21 heavy (non-hydrogen) atoms. The van der Waals surface area contributed by atoms with Crippen LogP contribution in [0.3, 0.4) is 0 Å². The van der Waals surface area contributed by atoms with E-state index in [1.165, 1.54) is 25.0 Å². The van der Waals surface area contributed by atoms with Crippen molar-refractivity contribution in [2.45, 2.75) is 31.2 Å². The Labute approximate surface area is 124 Å². The first-order valence-electron chi connectivity index (χ1n) is 6.17. The van der Waals surface area contributed by atoms with E-state index < -0.39 is 29.9 Å². The summed E-state index contributed by atoms with van der Waals surface area (Å²) in [5.74, 6) is -0.916. The van der Waals surface area contributed by atoms with Crippen molar-refractivity contribution in [3.05, 3.63) is 18.2 Å². The van der Waals surface area contributed by atoms with Crippen LogP contribution in [0.4, 0.5) is 13.2 Å². The van der Waals surface area contributed by atoms with Crippen molar-refractivity contribution < 1.29 is 23.1 Å². The highest BCUT2D eigenvalue weighted by Crippen LogP contribution is 2.40. The van der Waals surface area contributed by atoms with E-state index in [-0.39, 0.29) is 6.04 Å². The van der Waals surface area contributed by atoms with Crippen LogP contribution in [0.15, 0.2) is 12.4 Å². The van der Waals surface area contributed by atoms with Gasteiger partial charge in [-0.25, -0.2) is 4.98 Å². The van der Waals surface area contributed by atoms with E-state index in [2.05, 4.69) is 10.3 Å². The van der Waals surface area contributed by atoms with Crippen molar-refractivity contribution in [3.63, 3.8) is 0 Å². The Morgan fingerprint density at radius 1 is 1.57 bits per heavy atom. The largest absolute Gasteiger partial charge is 0.425 e. The van der Waals surface area contributed by atoms with Gasteiger partial charge in [-0.05, 0) is 13.2 Å². The Balaban J connectivity index is 2.96. The number of hydrogen-bond donors (Lipinski definition) is 2. The lowest BCUT2D eigenvalue weighted by molar-refractivity contribution is -0.271. The number of aryl methyl sites for hydroxylation is 1. The predicted octanol–water partition coefficient (Wildman–Crippen LogP) is 1.43. The van der Waals surface area contributed by atoms with Gasteiger partial charge >= 0.3 is 6.18 Å². The molecule has 5 nitrogen and oxygen atoms in total. The van der Waals surface area contributed by atoms with Gasteiger partial charge in [-0.2, -0.15) is 24.9 Å². The van der Waals surface area contributed by atoms with Crippen LogP contribution in [0, 0.1) is 0 Å². The quantitative estimate of drug-likeness (QED) is 0.830. The lowest BCUT2D eigenvalue weighted by Gasteiger charge is -2.29. The summed E-state index contributed by atoms with van der Waals surface area (Å²) in [6.07, 6.45) is -1.89. The van der Waals surface area contributed by atoms with Crippen molar-refractivity contribution in [2.24, 2.45) is 7.05 Å². The van der Waals surface area contributed by atoms with Gasteiger partial charge in [0.2, 0.25) is 11.5 Å². The second-order valence-corrected chi connectivity index (χ2v) is 5.73. The fourth-order valence-electron chi connectivity index (χ4n) is 1.92. The van der Waals surface area contributed by atoms with Crippen LogP contribution in [0.5, 0.6) is 0 Å². The van der Waals surface area contributed by atoms with Gasteiger partial charge in [0.25, 0.3) is 0 Å². The van der Waals surface area contributed by atoms with Gasteiger partial charge in [0.1, 0.15) is 0 Å². The van der Waals surface area contributed by atoms with E-state index in [4.69, 9.17) is 0 Å². The summed E-state index contributed by atoms with van der Waals surface area (Å²) in [7, 11) is 1.33. The first-order chi connectivity index (χ1) is 9.61. The molecule has 1 amide bonds. The first-order valence-corrected chi connectivity index (χ1v) is 7.56. The maximum Gasteiger partial charge on any atom is 0.425 e. The van der Waals surface area contributed by atoms with E-state index >= 15 is 0 Å². The molecule has 9 heteroatoms. The predicted molar refractivity (Wildman–Crippen MR) is 73.8 cm³/mol.